The first kappa shape index (κ1) is 48.4. The van der Waals surface area contributed by atoms with E-state index >= 15 is 0 Å². The maximum absolute atomic E-state index is 11.9. The third-order valence-corrected chi connectivity index (χ3v) is 10.3. The number of rotatable bonds is 10. The molecule has 0 saturated heterocycles. The van der Waals surface area contributed by atoms with Crippen LogP contribution in [-0.4, -0.2) is 43.4 Å². The maximum Gasteiger partial charge on any atom is 1.00 e. The van der Waals surface area contributed by atoms with Gasteiger partial charge in [0.25, 0.3) is 0 Å². The number of allylic oxidation sites excluding steroid dienone is 3. The molecule has 7 rings (SSSR count). The quantitative estimate of drug-likeness (QED) is 0.0276. The Balaban J connectivity index is 0.00000265. The Morgan fingerprint density at radius 3 is 1.62 bits per heavy atom. The molecule has 60 heavy (non-hydrogen) atoms. The van der Waals surface area contributed by atoms with Gasteiger partial charge < -0.3 is 24.7 Å². The van der Waals surface area contributed by atoms with Crippen LogP contribution in [0.3, 0.4) is 0 Å². The molecular formula is C39H24N7Na3O9S2. The third-order valence-electron chi connectivity index (χ3n) is 8.64. The first-order chi connectivity index (χ1) is 27.1. The number of hydrogen-bond acceptors (Lipinski definition) is 16. The molecule has 0 aromatic heterocycles. The Kier molecular flexibility index (Phi) is 16.2. The van der Waals surface area contributed by atoms with Gasteiger partial charge in [-0.15, -0.1) is 15.3 Å². The van der Waals surface area contributed by atoms with E-state index in [1.807, 2.05) is 24.3 Å². The predicted molar refractivity (Wildman–Crippen MR) is 207 cm³/mol. The number of ketones is 1. The van der Waals surface area contributed by atoms with Crippen molar-refractivity contribution in [1.29, 1.82) is 0 Å². The van der Waals surface area contributed by atoms with E-state index in [9.17, 15) is 40.6 Å². The van der Waals surface area contributed by atoms with Crippen LogP contribution in [0.5, 0.6) is 0 Å². The Morgan fingerprint density at radius 2 is 1.07 bits per heavy atom. The summed E-state index contributed by atoms with van der Waals surface area (Å²) in [5.74, 6) is -2.25. The van der Waals surface area contributed by atoms with Gasteiger partial charge in [-0.1, -0.05) is 36.4 Å². The number of azo groups is 2. The zero-order valence-electron chi connectivity index (χ0n) is 31.9. The third kappa shape index (κ3) is 11.2. The van der Waals surface area contributed by atoms with Gasteiger partial charge in [0, 0.05) is 32.8 Å². The summed E-state index contributed by atoms with van der Waals surface area (Å²) >= 11 is 0. The minimum atomic E-state index is -4.86. The molecule has 1 aliphatic rings. The average Bonchev–Trinajstić information content (AvgIpc) is 3.19. The smallest absolute Gasteiger partial charge is 0.744 e. The second-order valence-electron chi connectivity index (χ2n) is 12.3. The summed E-state index contributed by atoms with van der Waals surface area (Å²) < 4.78 is 70.9. The molecule has 3 N–H and O–H groups in total. The van der Waals surface area contributed by atoms with Crippen molar-refractivity contribution in [2.24, 2.45) is 25.6 Å². The fourth-order valence-corrected chi connectivity index (χ4v) is 6.75. The van der Waals surface area contributed by atoms with E-state index in [0.717, 1.165) is 47.5 Å². The van der Waals surface area contributed by atoms with Gasteiger partial charge in [0.15, 0.2) is 5.78 Å². The van der Waals surface area contributed by atoms with E-state index in [2.05, 4.69) is 31.0 Å². The molecule has 0 amide bonds. The van der Waals surface area contributed by atoms with Crippen molar-refractivity contribution >= 4 is 93.4 Å². The van der Waals surface area contributed by atoms with Crippen LogP contribution >= 0.6 is 0 Å². The molecule has 0 radical (unpaired) electrons. The van der Waals surface area contributed by atoms with Crippen molar-refractivity contribution in [2.45, 2.75) is 9.79 Å². The number of hydrogen-bond donors (Lipinski definition) is 2. The molecule has 1 aliphatic carbocycles. The molecule has 0 unspecified atom stereocenters. The van der Waals surface area contributed by atoms with Crippen LogP contribution in [0.2, 0.25) is 0 Å². The molecule has 0 bridgehead atoms. The zero-order valence-corrected chi connectivity index (χ0v) is 39.6. The number of aliphatic carboxylic acids is 1. The Morgan fingerprint density at radius 1 is 0.583 bits per heavy atom. The number of nitrogen functional groups attached to an aromatic ring is 1. The number of anilines is 2. The first-order valence-corrected chi connectivity index (χ1v) is 19.3. The number of nitrogens with two attached hydrogens (primary N) is 1. The van der Waals surface area contributed by atoms with Crippen molar-refractivity contribution in [3.8, 4) is 11.1 Å². The maximum atomic E-state index is 11.9. The summed E-state index contributed by atoms with van der Waals surface area (Å²) in [5.41, 5.74) is 12.4. The van der Waals surface area contributed by atoms with Gasteiger partial charge >= 0.3 is 88.7 Å². The van der Waals surface area contributed by atoms with Crippen LogP contribution in [0.25, 0.3) is 32.7 Å². The van der Waals surface area contributed by atoms with Gasteiger partial charge in [-0.05, 0) is 102 Å². The number of carbonyl (C=O) groups is 2. The van der Waals surface area contributed by atoms with E-state index in [1.165, 1.54) is 36.4 Å². The van der Waals surface area contributed by atoms with Gasteiger partial charge in [-0.2, -0.15) is 10.2 Å². The normalized spacial score (nSPS) is 13.5. The Hall–Kier alpha value is -4.25. The number of carbonyl (C=O) groups excluding carboxylic acids is 2. The van der Waals surface area contributed by atoms with Crippen LogP contribution in [0.15, 0.2) is 168 Å². The number of fused-ring (bicyclic) bond motifs is 2. The summed E-state index contributed by atoms with van der Waals surface area (Å²) in [6, 6.07) is 27.8. The predicted octanol–water partition coefficient (Wildman–Crippen LogP) is -2.52. The second-order valence-corrected chi connectivity index (χ2v) is 15.1. The molecule has 0 atom stereocenters. The molecule has 6 aromatic carbocycles. The molecule has 0 aliphatic heterocycles. The summed E-state index contributed by atoms with van der Waals surface area (Å²) in [6.45, 7) is 0. The molecule has 284 valence electrons. The summed E-state index contributed by atoms with van der Waals surface area (Å²) in [4.78, 5) is 21.8. The molecule has 0 heterocycles. The average molecular weight is 868 g/mol. The number of carboxylic acids is 1. The Bertz CT molecular complexity index is 3050. The van der Waals surface area contributed by atoms with Crippen molar-refractivity contribution < 1.29 is 129 Å². The molecule has 21 heteroatoms. The van der Waals surface area contributed by atoms with Crippen LogP contribution in [0.4, 0.5) is 34.1 Å². The van der Waals surface area contributed by atoms with Crippen LogP contribution in [0.1, 0.15) is 0 Å². The SMILES string of the molecule is Nc1ccc(N=Nc2ccc(N=Nc3ccc(-c4ccc(N/N=C5/C=CC(=O)C(C(=O)[O-])=C5)cc4)cc3)c3ccc(S(=O)(=O)[O-])cc23)c2cc(S(=O)(=O)[O-])ccc12.[Na+].[Na+].[Na+]. The molecule has 0 saturated carbocycles. The van der Waals surface area contributed by atoms with E-state index in [-0.39, 0.29) is 117 Å². The van der Waals surface area contributed by atoms with Gasteiger partial charge in [0.2, 0.25) is 0 Å². The largest absolute Gasteiger partial charge is 1.00 e. The van der Waals surface area contributed by atoms with Crippen molar-refractivity contribution in [1.82, 2.24) is 0 Å². The molecule has 6 aromatic rings. The summed E-state index contributed by atoms with van der Waals surface area (Å²) in [5, 5.41) is 33.8. The minimum absolute atomic E-state index is 0. The number of carboxylic acid groups (broad SMARTS) is 1. The van der Waals surface area contributed by atoms with Crippen molar-refractivity contribution in [3.63, 3.8) is 0 Å². The number of hydrazone groups is 1. The van der Waals surface area contributed by atoms with Gasteiger partial charge in [0.1, 0.15) is 20.2 Å². The van der Waals surface area contributed by atoms with E-state index < -0.39 is 47.4 Å². The van der Waals surface area contributed by atoms with Gasteiger partial charge in [0.05, 0.1) is 49.9 Å². The minimum Gasteiger partial charge on any atom is -0.744 e. The Labute approximate surface area is 408 Å². The standard InChI is InChI=1S/C39H27N7O9S2.3Na/c40-34-14-15-36(31-20-27(56(50,51)52)10-12-29(31)34)45-46-37-17-16-35(30-13-11-28(21-32(30)37)57(53,54)55)44-42-25-7-3-23(4-8-25)22-1-5-24(6-2-22)41-43-26-9-18-38(47)33(19-26)39(48)49;;;/h1-21,41H,40H2,(H,48,49)(H,50,51,52)(H,53,54,55);;;/q;3*+1/p-3/b43-26-,44-42?,46-45?;;;. The van der Waals surface area contributed by atoms with Crippen LogP contribution in [0, 0.1) is 0 Å². The monoisotopic (exact) mass is 867 g/mol. The second kappa shape index (κ2) is 20.1. The summed E-state index contributed by atoms with van der Waals surface area (Å²) in [6.07, 6.45) is 3.61. The first-order valence-electron chi connectivity index (χ1n) is 16.5. The van der Waals surface area contributed by atoms with Crippen LogP contribution < -0.4 is 105 Å². The summed E-state index contributed by atoms with van der Waals surface area (Å²) in [7, 11) is -9.65. The fraction of sp³-hybridized carbons (Fsp3) is 0. The zero-order chi connectivity index (χ0) is 40.5. The van der Waals surface area contributed by atoms with Crippen LogP contribution in [-0.2, 0) is 29.8 Å². The topological polar surface area (TPSA) is 271 Å². The molecule has 16 nitrogen and oxygen atoms in total. The van der Waals surface area contributed by atoms with Crippen molar-refractivity contribution in [3.05, 3.63) is 133 Å². The van der Waals surface area contributed by atoms with Gasteiger partial charge in [-0.3, -0.25) is 10.2 Å². The molecule has 0 spiro atoms. The number of nitrogens with zero attached hydrogens (tertiary/aromatic N) is 5. The van der Waals surface area contributed by atoms with E-state index in [0.29, 0.717) is 33.5 Å². The van der Waals surface area contributed by atoms with E-state index in [1.54, 1.807) is 30.3 Å². The van der Waals surface area contributed by atoms with E-state index in [4.69, 9.17) is 5.73 Å². The fourth-order valence-electron chi connectivity index (χ4n) is 5.76. The molecular weight excluding hydrogens is 844 g/mol. The number of benzene rings is 6. The van der Waals surface area contributed by atoms with Gasteiger partial charge in [-0.25, -0.2) is 16.8 Å². The number of nitrogens with one attached hydrogen (secondary N) is 1. The molecule has 0 fully saturated rings. The van der Waals surface area contributed by atoms with Crippen molar-refractivity contribution in [2.75, 3.05) is 11.2 Å².